The zero-order chi connectivity index (χ0) is 13.3. The lowest BCUT2D eigenvalue weighted by molar-refractivity contribution is -0.0912. The lowest BCUT2D eigenvalue weighted by atomic mass is 9.72. The molecule has 0 bridgehead atoms. The van der Waals surface area contributed by atoms with Crippen LogP contribution in [0.5, 0.6) is 5.75 Å². The molecule has 1 aromatic carbocycles. The molecule has 1 heterocycles. The molecule has 4 heteroatoms. The quantitative estimate of drug-likeness (QED) is 0.894. The van der Waals surface area contributed by atoms with E-state index in [1.165, 1.54) is 5.56 Å². The Bertz CT molecular complexity index is 444. The third kappa shape index (κ3) is 2.24. The summed E-state index contributed by atoms with van der Waals surface area (Å²) in [5, 5.41) is 0. The zero-order valence-corrected chi connectivity index (χ0v) is 11.5. The summed E-state index contributed by atoms with van der Waals surface area (Å²) in [6.07, 6.45) is 2.42. The molecule has 0 spiro atoms. The Morgan fingerprint density at radius 1 is 1.42 bits per heavy atom. The van der Waals surface area contributed by atoms with E-state index in [4.69, 9.17) is 15.2 Å². The molecule has 1 aliphatic heterocycles. The van der Waals surface area contributed by atoms with Gasteiger partial charge in [-0.15, -0.1) is 0 Å². The molecule has 0 atom stereocenters. The average Bonchev–Trinajstić information content (AvgIpc) is 2.61. The highest BCUT2D eigenvalue weighted by Crippen LogP contribution is 2.40. The van der Waals surface area contributed by atoms with E-state index < -0.39 is 0 Å². The molecule has 0 aromatic heterocycles. The highest BCUT2D eigenvalue weighted by Gasteiger charge is 2.48. The summed E-state index contributed by atoms with van der Waals surface area (Å²) >= 11 is 0. The minimum absolute atomic E-state index is 0.0987. The molecule has 0 amide bonds. The van der Waals surface area contributed by atoms with E-state index in [2.05, 4.69) is 17.0 Å². The molecular weight excluding hydrogens is 240 g/mol. The van der Waals surface area contributed by atoms with E-state index in [0.717, 1.165) is 38.3 Å². The first-order valence-corrected chi connectivity index (χ1v) is 6.96. The SMILES string of the molecule is COC1CC(CN)(N2CCOc3ccccc3C2)C1. The van der Waals surface area contributed by atoms with Crippen LogP contribution >= 0.6 is 0 Å². The molecule has 0 saturated heterocycles. The fraction of sp³-hybridized carbons (Fsp3) is 0.600. The van der Waals surface area contributed by atoms with Crippen molar-refractivity contribution in [1.29, 1.82) is 0 Å². The number of nitrogens with zero attached hydrogens (tertiary/aromatic N) is 1. The van der Waals surface area contributed by atoms with Gasteiger partial charge in [0.25, 0.3) is 0 Å². The smallest absolute Gasteiger partial charge is 0.123 e. The normalized spacial score (nSPS) is 30.9. The van der Waals surface area contributed by atoms with Crippen molar-refractivity contribution in [2.45, 2.75) is 31.0 Å². The van der Waals surface area contributed by atoms with Gasteiger partial charge in [0, 0.05) is 37.8 Å². The van der Waals surface area contributed by atoms with Crippen LogP contribution in [0.4, 0.5) is 0 Å². The van der Waals surface area contributed by atoms with Gasteiger partial charge in [-0.3, -0.25) is 4.90 Å². The number of hydrogen-bond donors (Lipinski definition) is 1. The van der Waals surface area contributed by atoms with Gasteiger partial charge in [0.15, 0.2) is 0 Å². The first-order chi connectivity index (χ1) is 9.27. The Morgan fingerprint density at radius 2 is 2.21 bits per heavy atom. The summed E-state index contributed by atoms with van der Waals surface area (Å²) in [5.74, 6) is 1.01. The second kappa shape index (κ2) is 5.12. The van der Waals surface area contributed by atoms with Crippen molar-refractivity contribution >= 4 is 0 Å². The lowest BCUT2D eigenvalue weighted by Crippen LogP contribution is -2.63. The number of para-hydroxylation sites is 1. The van der Waals surface area contributed by atoms with Gasteiger partial charge in [-0.05, 0) is 18.9 Å². The fourth-order valence-corrected chi connectivity index (χ4v) is 3.24. The van der Waals surface area contributed by atoms with Crippen molar-refractivity contribution in [1.82, 2.24) is 4.90 Å². The molecule has 1 saturated carbocycles. The van der Waals surface area contributed by atoms with E-state index in [9.17, 15) is 0 Å². The molecule has 1 aromatic rings. The number of methoxy groups -OCH3 is 1. The van der Waals surface area contributed by atoms with E-state index in [0.29, 0.717) is 12.6 Å². The largest absolute Gasteiger partial charge is 0.492 e. The maximum Gasteiger partial charge on any atom is 0.123 e. The molecule has 4 nitrogen and oxygen atoms in total. The van der Waals surface area contributed by atoms with Crippen molar-refractivity contribution in [3.8, 4) is 5.75 Å². The van der Waals surface area contributed by atoms with Crippen LogP contribution < -0.4 is 10.5 Å². The second-order valence-electron chi connectivity index (χ2n) is 5.57. The number of hydrogen-bond acceptors (Lipinski definition) is 4. The standard InChI is InChI=1S/C15H22N2O2/c1-18-13-8-15(9-13,11-16)17-6-7-19-14-5-3-2-4-12(14)10-17/h2-5,13H,6-11,16H2,1H3. The lowest BCUT2D eigenvalue weighted by Gasteiger charge is -2.53. The van der Waals surface area contributed by atoms with E-state index >= 15 is 0 Å². The number of nitrogens with two attached hydrogens (primary N) is 1. The van der Waals surface area contributed by atoms with Gasteiger partial charge in [0.1, 0.15) is 12.4 Å². The molecular formula is C15H22N2O2. The first-order valence-electron chi connectivity index (χ1n) is 6.96. The van der Waals surface area contributed by atoms with Crippen LogP contribution in [0.1, 0.15) is 18.4 Å². The van der Waals surface area contributed by atoms with E-state index in [1.807, 2.05) is 12.1 Å². The van der Waals surface area contributed by atoms with Crippen molar-refractivity contribution in [3.05, 3.63) is 29.8 Å². The van der Waals surface area contributed by atoms with E-state index in [1.54, 1.807) is 7.11 Å². The summed E-state index contributed by atoms with van der Waals surface area (Å²) in [5.41, 5.74) is 7.41. The van der Waals surface area contributed by atoms with Gasteiger partial charge in [-0.1, -0.05) is 18.2 Å². The Labute approximate surface area is 114 Å². The summed E-state index contributed by atoms with van der Waals surface area (Å²) in [6, 6.07) is 8.29. The molecule has 104 valence electrons. The van der Waals surface area contributed by atoms with Crippen molar-refractivity contribution in [2.75, 3.05) is 26.8 Å². The predicted octanol–water partition coefficient (Wildman–Crippen LogP) is 1.39. The van der Waals surface area contributed by atoms with E-state index in [-0.39, 0.29) is 5.54 Å². The number of rotatable bonds is 3. The fourth-order valence-electron chi connectivity index (χ4n) is 3.24. The Morgan fingerprint density at radius 3 is 2.95 bits per heavy atom. The summed E-state index contributed by atoms with van der Waals surface area (Å²) in [4.78, 5) is 2.48. The Balaban J connectivity index is 1.79. The predicted molar refractivity (Wildman–Crippen MR) is 74.2 cm³/mol. The van der Waals surface area contributed by atoms with Crippen molar-refractivity contribution in [2.24, 2.45) is 5.73 Å². The van der Waals surface area contributed by atoms with Crippen LogP contribution in [0.3, 0.4) is 0 Å². The van der Waals surface area contributed by atoms with Gasteiger partial charge in [0.05, 0.1) is 6.10 Å². The zero-order valence-electron chi connectivity index (χ0n) is 11.5. The Kier molecular flexibility index (Phi) is 3.48. The van der Waals surface area contributed by atoms with Gasteiger partial charge >= 0.3 is 0 Å². The monoisotopic (exact) mass is 262 g/mol. The number of ether oxygens (including phenoxy) is 2. The van der Waals surface area contributed by atoms with Crippen molar-refractivity contribution in [3.63, 3.8) is 0 Å². The molecule has 19 heavy (non-hydrogen) atoms. The molecule has 2 aliphatic rings. The molecule has 1 aliphatic carbocycles. The average molecular weight is 262 g/mol. The third-order valence-corrected chi connectivity index (χ3v) is 4.55. The van der Waals surface area contributed by atoms with Crippen LogP contribution in [-0.4, -0.2) is 43.3 Å². The van der Waals surface area contributed by atoms with Crippen molar-refractivity contribution < 1.29 is 9.47 Å². The molecule has 0 unspecified atom stereocenters. The molecule has 1 fully saturated rings. The Hall–Kier alpha value is -1.10. The summed E-state index contributed by atoms with van der Waals surface area (Å²) in [6.45, 7) is 3.28. The van der Waals surface area contributed by atoms with Crippen LogP contribution in [0.25, 0.3) is 0 Å². The molecule has 3 rings (SSSR count). The van der Waals surface area contributed by atoms with Crippen LogP contribution in [0.2, 0.25) is 0 Å². The van der Waals surface area contributed by atoms with Gasteiger partial charge in [-0.2, -0.15) is 0 Å². The molecule has 0 radical (unpaired) electrons. The maximum atomic E-state index is 6.05. The number of benzene rings is 1. The topological polar surface area (TPSA) is 47.7 Å². The third-order valence-electron chi connectivity index (χ3n) is 4.55. The summed E-state index contributed by atoms with van der Waals surface area (Å²) in [7, 11) is 1.78. The van der Waals surface area contributed by atoms with Crippen LogP contribution in [0, 0.1) is 0 Å². The second-order valence-corrected chi connectivity index (χ2v) is 5.57. The van der Waals surface area contributed by atoms with Gasteiger partial charge < -0.3 is 15.2 Å². The van der Waals surface area contributed by atoms with Gasteiger partial charge in [0.2, 0.25) is 0 Å². The van der Waals surface area contributed by atoms with Crippen LogP contribution in [0.15, 0.2) is 24.3 Å². The highest BCUT2D eigenvalue weighted by atomic mass is 16.5. The minimum atomic E-state index is 0.0987. The molecule has 2 N–H and O–H groups in total. The maximum absolute atomic E-state index is 6.05. The minimum Gasteiger partial charge on any atom is -0.492 e. The summed E-state index contributed by atoms with van der Waals surface area (Å²) < 4.78 is 11.2. The highest BCUT2D eigenvalue weighted by molar-refractivity contribution is 5.34. The van der Waals surface area contributed by atoms with Gasteiger partial charge in [-0.25, -0.2) is 0 Å². The number of fused-ring (bicyclic) bond motifs is 1. The first kappa shape index (κ1) is 12.9. The van der Waals surface area contributed by atoms with Crippen LogP contribution in [-0.2, 0) is 11.3 Å².